The third-order valence-electron chi connectivity index (χ3n) is 1.67. The van der Waals surface area contributed by atoms with Gasteiger partial charge in [-0.1, -0.05) is 26.8 Å². The number of hydrogen-bond donors (Lipinski definition) is 2. The van der Waals surface area contributed by atoms with E-state index in [4.69, 9.17) is 0 Å². The quantitative estimate of drug-likeness (QED) is 0.731. The molecule has 0 saturated carbocycles. The third-order valence-corrected chi connectivity index (χ3v) is 1.67. The van der Waals surface area contributed by atoms with Crippen molar-refractivity contribution in [3.63, 3.8) is 0 Å². The van der Waals surface area contributed by atoms with E-state index in [1.807, 2.05) is 12.1 Å². The average molecular weight is 179 g/mol. The molecule has 0 spiro atoms. The maximum atomic E-state index is 9.20. The molecule has 0 amide bonds. The highest BCUT2D eigenvalue weighted by atomic mass is 16.3. The summed E-state index contributed by atoms with van der Waals surface area (Å²) in [5, 5.41) is 12.5. The van der Waals surface area contributed by atoms with Crippen LogP contribution in [0.1, 0.15) is 20.8 Å². The van der Waals surface area contributed by atoms with Crippen LogP contribution in [-0.4, -0.2) is 11.7 Å². The topological polar surface area (TPSA) is 32.3 Å². The number of nitrogens with one attached hydrogen (secondary N) is 1. The van der Waals surface area contributed by atoms with Gasteiger partial charge in [-0.15, -0.1) is 0 Å². The molecule has 0 aliphatic rings. The van der Waals surface area contributed by atoms with E-state index in [9.17, 15) is 5.11 Å². The van der Waals surface area contributed by atoms with Gasteiger partial charge in [-0.05, 0) is 17.5 Å². The fourth-order valence-corrected chi connectivity index (χ4v) is 0.983. The van der Waals surface area contributed by atoms with Crippen molar-refractivity contribution in [3.8, 4) is 5.75 Å². The van der Waals surface area contributed by atoms with Gasteiger partial charge in [0.2, 0.25) is 0 Å². The molecule has 0 aliphatic heterocycles. The van der Waals surface area contributed by atoms with Crippen molar-refractivity contribution in [1.29, 1.82) is 0 Å². The van der Waals surface area contributed by atoms with Gasteiger partial charge in [-0.2, -0.15) is 0 Å². The lowest BCUT2D eigenvalue weighted by Crippen LogP contribution is -2.18. The van der Waals surface area contributed by atoms with E-state index >= 15 is 0 Å². The lowest BCUT2D eigenvalue weighted by Gasteiger charge is -2.19. The Kier molecular flexibility index (Phi) is 2.81. The van der Waals surface area contributed by atoms with Gasteiger partial charge in [0.1, 0.15) is 5.75 Å². The molecule has 2 nitrogen and oxygen atoms in total. The SMILES string of the molecule is CC(C)(C)CNc1cccc(O)c1. The molecule has 1 aromatic rings. The summed E-state index contributed by atoms with van der Waals surface area (Å²) in [5.74, 6) is 0.305. The number of rotatable bonds is 2. The molecule has 72 valence electrons. The zero-order chi connectivity index (χ0) is 9.90. The predicted octanol–water partition coefficient (Wildman–Crippen LogP) is 2.85. The Morgan fingerprint density at radius 3 is 2.54 bits per heavy atom. The molecule has 0 bridgehead atoms. The predicted molar refractivity (Wildman–Crippen MR) is 56.1 cm³/mol. The van der Waals surface area contributed by atoms with Crippen LogP contribution in [0.3, 0.4) is 0 Å². The van der Waals surface area contributed by atoms with Gasteiger partial charge in [0, 0.05) is 18.3 Å². The van der Waals surface area contributed by atoms with Gasteiger partial charge in [0.25, 0.3) is 0 Å². The summed E-state index contributed by atoms with van der Waals surface area (Å²) in [6, 6.07) is 7.18. The van der Waals surface area contributed by atoms with Gasteiger partial charge in [0.05, 0.1) is 0 Å². The van der Waals surface area contributed by atoms with Crippen molar-refractivity contribution in [1.82, 2.24) is 0 Å². The molecule has 0 fully saturated rings. The number of phenols is 1. The molecule has 0 saturated heterocycles. The van der Waals surface area contributed by atoms with Gasteiger partial charge >= 0.3 is 0 Å². The van der Waals surface area contributed by atoms with Gasteiger partial charge in [-0.25, -0.2) is 0 Å². The van der Waals surface area contributed by atoms with E-state index in [-0.39, 0.29) is 5.41 Å². The number of benzene rings is 1. The second-order valence-electron chi connectivity index (χ2n) is 4.46. The van der Waals surface area contributed by atoms with Crippen LogP contribution in [0.5, 0.6) is 5.75 Å². The maximum Gasteiger partial charge on any atom is 0.117 e. The Labute approximate surface area is 79.6 Å². The molecule has 13 heavy (non-hydrogen) atoms. The number of aromatic hydroxyl groups is 1. The molecule has 0 heterocycles. The van der Waals surface area contributed by atoms with E-state index < -0.39 is 0 Å². The van der Waals surface area contributed by atoms with Crippen LogP contribution in [-0.2, 0) is 0 Å². The van der Waals surface area contributed by atoms with E-state index in [1.165, 1.54) is 0 Å². The summed E-state index contributed by atoms with van der Waals surface area (Å²) in [6.45, 7) is 7.41. The molecule has 0 aliphatic carbocycles. The molecule has 0 unspecified atom stereocenters. The van der Waals surface area contributed by atoms with Crippen LogP contribution >= 0.6 is 0 Å². The molecular formula is C11H17NO. The highest BCUT2D eigenvalue weighted by Crippen LogP contribution is 2.18. The molecule has 1 rings (SSSR count). The summed E-state index contributed by atoms with van der Waals surface area (Å²) in [4.78, 5) is 0. The van der Waals surface area contributed by atoms with Crippen molar-refractivity contribution in [2.24, 2.45) is 5.41 Å². The molecule has 0 radical (unpaired) electrons. The standard InChI is InChI=1S/C11H17NO/c1-11(2,3)8-12-9-5-4-6-10(13)7-9/h4-7,12-13H,8H2,1-3H3. The second kappa shape index (κ2) is 3.69. The van der Waals surface area contributed by atoms with Crippen LogP contribution in [0.15, 0.2) is 24.3 Å². The molecule has 2 heteroatoms. The summed E-state index contributed by atoms with van der Waals surface area (Å²) in [7, 11) is 0. The van der Waals surface area contributed by atoms with E-state index in [0.29, 0.717) is 5.75 Å². The zero-order valence-corrected chi connectivity index (χ0v) is 8.46. The average Bonchev–Trinajstić information content (AvgIpc) is 2.00. The summed E-state index contributed by atoms with van der Waals surface area (Å²) in [5.41, 5.74) is 1.22. The maximum absolute atomic E-state index is 9.20. The molecule has 0 aromatic heterocycles. The van der Waals surface area contributed by atoms with Crippen LogP contribution in [0.4, 0.5) is 5.69 Å². The summed E-state index contributed by atoms with van der Waals surface area (Å²) >= 11 is 0. The lowest BCUT2D eigenvalue weighted by molar-refractivity contribution is 0.442. The first-order valence-corrected chi connectivity index (χ1v) is 4.50. The van der Waals surface area contributed by atoms with Crippen LogP contribution in [0.2, 0.25) is 0 Å². The van der Waals surface area contributed by atoms with Crippen molar-refractivity contribution >= 4 is 5.69 Å². The fraction of sp³-hybridized carbons (Fsp3) is 0.455. The lowest BCUT2D eigenvalue weighted by atomic mass is 9.97. The molecule has 0 atom stereocenters. The molecule has 2 N–H and O–H groups in total. The van der Waals surface area contributed by atoms with Gasteiger partial charge < -0.3 is 10.4 Å². The number of phenolic OH excluding ortho intramolecular Hbond substituents is 1. The van der Waals surface area contributed by atoms with Crippen molar-refractivity contribution in [2.75, 3.05) is 11.9 Å². The first-order valence-electron chi connectivity index (χ1n) is 4.50. The first kappa shape index (κ1) is 9.90. The first-order chi connectivity index (χ1) is 5.97. The van der Waals surface area contributed by atoms with E-state index in [1.54, 1.807) is 12.1 Å². The monoisotopic (exact) mass is 179 g/mol. The Morgan fingerprint density at radius 1 is 1.31 bits per heavy atom. The van der Waals surface area contributed by atoms with Crippen molar-refractivity contribution < 1.29 is 5.11 Å². The largest absolute Gasteiger partial charge is 0.508 e. The van der Waals surface area contributed by atoms with Crippen LogP contribution < -0.4 is 5.32 Å². The van der Waals surface area contributed by atoms with E-state index in [0.717, 1.165) is 12.2 Å². The Morgan fingerprint density at radius 2 is 2.00 bits per heavy atom. The Balaban J connectivity index is 2.55. The second-order valence-corrected chi connectivity index (χ2v) is 4.46. The Bertz CT molecular complexity index is 276. The van der Waals surface area contributed by atoms with Crippen LogP contribution in [0.25, 0.3) is 0 Å². The normalized spacial score (nSPS) is 11.3. The summed E-state index contributed by atoms with van der Waals surface area (Å²) in [6.07, 6.45) is 0. The summed E-state index contributed by atoms with van der Waals surface area (Å²) < 4.78 is 0. The minimum Gasteiger partial charge on any atom is -0.508 e. The number of anilines is 1. The van der Waals surface area contributed by atoms with Gasteiger partial charge in [-0.3, -0.25) is 0 Å². The number of hydrogen-bond acceptors (Lipinski definition) is 2. The highest BCUT2D eigenvalue weighted by molar-refractivity contribution is 5.47. The molecular weight excluding hydrogens is 162 g/mol. The van der Waals surface area contributed by atoms with Crippen molar-refractivity contribution in [3.05, 3.63) is 24.3 Å². The highest BCUT2D eigenvalue weighted by Gasteiger charge is 2.08. The molecule has 1 aromatic carbocycles. The van der Waals surface area contributed by atoms with E-state index in [2.05, 4.69) is 26.1 Å². The third kappa shape index (κ3) is 3.83. The zero-order valence-electron chi connectivity index (χ0n) is 8.46. The van der Waals surface area contributed by atoms with Gasteiger partial charge in [0.15, 0.2) is 0 Å². The Hall–Kier alpha value is -1.18. The fourth-order valence-electron chi connectivity index (χ4n) is 0.983. The smallest absolute Gasteiger partial charge is 0.117 e. The minimum atomic E-state index is 0.255. The minimum absolute atomic E-state index is 0.255. The van der Waals surface area contributed by atoms with Crippen molar-refractivity contribution in [2.45, 2.75) is 20.8 Å². The van der Waals surface area contributed by atoms with Crippen LogP contribution in [0, 0.1) is 5.41 Å².